The van der Waals surface area contributed by atoms with Crippen molar-refractivity contribution in [2.45, 2.75) is 27.2 Å². The Hall–Kier alpha value is -3.90. The summed E-state index contributed by atoms with van der Waals surface area (Å²) in [4.78, 5) is 0. The molecular weight excluding hydrogens is 404 g/mol. The molecule has 0 atom stereocenters. The number of ether oxygens (including phenoxy) is 1. The van der Waals surface area contributed by atoms with Crippen LogP contribution in [0.1, 0.15) is 25.0 Å². The molecule has 3 heteroatoms. The van der Waals surface area contributed by atoms with Crippen molar-refractivity contribution in [3.8, 4) is 28.8 Å². The minimum Gasteiger partial charge on any atom is -0.456 e. The summed E-state index contributed by atoms with van der Waals surface area (Å²) in [6, 6.07) is 24.0. The molecule has 4 aromatic carbocycles. The zero-order valence-corrected chi connectivity index (χ0v) is 19.4. The van der Waals surface area contributed by atoms with Crippen LogP contribution in [0.25, 0.3) is 43.6 Å². The number of rotatable bonds is 2. The highest BCUT2D eigenvalue weighted by Crippen LogP contribution is 2.49. The van der Waals surface area contributed by atoms with Gasteiger partial charge < -0.3 is 4.74 Å². The van der Waals surface area contributed by atoms with Crippen LogP contribution in [0, 0.1) is 23.7 Å². The number of fused-ring (bicyclic) bond motifs is 5. The van der Waals surface area contributed by atoms with E-state index in [1.165, 1.54) is 38.4 Å². The second-order valence-electron chi connectivity index (χ2n) is 9.86. The van der Waals surface area contributed by atoms with Gasteiger partial charge in [0, 0.05) is 11.5 Å². The van der Waals surface area contributed by atoms with Crippen molar-refractivity contribution < 1.29 is 9.30 Å². The van der Waals surface area contributed by atoms with E-state index in [9.17, 15) is 5.26 Å². The van der Waals surface area contributed by atoms with Crippen LogP contribution in [0.4, 0.5) is 0 Å². The van der Waals surface area contributed by atoms with Crippen LogP contribution >= 0.6 is 0 Å². The molecule has 5 aromatic rings. The Balaban J connectivity index is 1.69. The number of pyridine rings is 1. The second kappa shape index (κ2) is 6.80. The van der Waals surface area contributed by atoms with Crippen LogP contribution in [0.3, 0.4) is 0 Å². The van der Waals surface area contributed by atoms with E-state index in [0.29, 0.717) is 0 Å². The van der Waals surface area contributed by atoms with E-state index in [4.69, 9.17) is 4.74 Å². The molecule has 2 heterocycles. The zero-order valence-electron chi connectivity index (χ0n) is 19.4. The minimum atomic E-state index is -0.396. The van der Waals surface area contributed by atoms with Gasteiger partial charge in [0.25, 0.3) is 0 Å². The van der Waals surface area contributed by atoms with Gasteiger partial charge in [-0.15, -0.1) is 0 Å². The zero-order chi connectivity index (χ0) is 22.9. The lowest BCUT2D eigenvalue weighted by atomic mass is 9.86. The topological polar surface area (TPSA) is 36.9 Å². The lowest BCUT2D eigenvalue weighted by Crippen LogP contribution is -2.31. The molecule has 1 aliphatic heterocycles. The lowest BCUT2D eigenvalue weighted by Gasteiger charge is -2.23. The van der Waals surface area contributed by atoms with Gasteiger partial charge in [0.05, 0.1) is 22.4 Å². The highest BCUT2D eigenvalue weighted by atomic mass is 16.5. The highest BCUT2D eigenvalue weighted by Gasteiger charge is 2.31. The molecule has 33 heavy (non-hydrogen) atoms. The molecule has 0 N–H and O–H groups in total. The fraction of sp³-hybridized carbons (Fsp3) is 0.200. The third-order valence-corrected chi connectivity index (χ3v) is 6.94. The molecular formula is C30H25N2O+. The van der Waals surface area contributed by atoms with Crippen molar-refractivity contribution in [1.29, 1.82) is 5.26 Å². The smallest absolute Gasteiger partial charge is 0.228 e. The van der Waals surface area contributed by atoms with E-state index in [1.54, 1.807) is 0 Å². The summed E-state index contributed by atoms with van der Waals surface area (Å²) < 4.78 is 8.79. The van der Waals surface area contributed by atoms with Crippen LogP contribution in [0.2, 0.25) is 0 Å². The number of benzene rings is 4. The van der Waals surface area contributed by atoms with Gasteiger partial charge in [0.2, 0.25) is 5.69 Å². The van der Waals surface area contributed by atoms with Gasteiger partial charge in [0.15, 0.2) is 6.20 Å². The molecule has 6 rings (SSSR count). The summed E-state index contributed by atoms with van der Waals surface area (Å²) in [6.45, 7) is 6.18. The van der Waals surface area contributed by atoms with E-state index >= 15 is 0 Å². The molecule has 1 aromatic heterocycles. The molecule has 0 fully saturated rings. The molecule has 0 aliphatic carbocycles. The molecule has 0 saturated carbocycles. The Kier molecular flexibility index (Phi) is 4.07. The lowest BCUT2D eigenvalue weighted by molar-refractivity contribution is -0.659. The highest BCUT2D eigenvalue weighted by molar-refractivity contribution is 6.16. The van der Waals surface area contributed by atoms with Crippen LogP contribution < -0.4 is 9.30 Å². The first kappa shape index (κ1) is 19.8. The first-order chi connectivity index (χ1) is 15.9. The van der Waals surface area contributed by atoms with Gasteiger partial charge in [-0.25, -0.2) is 4.57 Å². The normalized spacial score (nSPS) is 12.6. The maximum absolute atomic E-state index is 9.51. The first-order valence-corrected chi connectivity index (χ1v) is 11.4. The van der Waals surface area contributed by atoms with Crippen molar-refractivity contribution >= 4 is 32.3 Å². The number of hydrogen-bond acceptors (Lipinski definition) is 2. The first-order valence-electron chi connectivity index (χ1n) is 11.4. The third kappa shape index (κ3) is 2.91. The van der Waals surface area contributed by atoms with Gasteiger partial charge in [-0.3, -0.25) is 0 Å². The van der Waals surface area contributed by atoms with E-state index < -0.39 is 5.41 Å². The van der Waals surface area contributed by atoms with E-state index in [0.717, 1.165) is 34.3 Å². The average molecular weight is 430 g/mol. The van der Waals surface area contributed by atoms with Gasteiger partial charge >= 0.3 is 0 Å². The number of nitrogens with zero attached hydrogens (tertiary/aromatic N) is 2. The summed E-state index contributed by atoms with van der Waals surface area (Å²) in [5, 5.41) is 16.6. The fourth-order valence-electron chi connectivity index (χ4n) is 5.33. The Morgan fingerprint density at radius 2 is 1.67 bits per heavy atom. The average Bonchev–Trinajstić information content (AvgIpc) is 2.80. The summed E-state index contributed by atoms with van der Waals surface area (Å²) in [5.74, 6) is 1.81. The van der Waals surface area contributed by atoms with Gasteiger partial charge in [-0.2, -0.15) is 5.26 Å². The summed E-state index contributed by atoms with van der Waals surface area (Å²) in [5.41, 5.74) is 4.37. The number of aromatic nitrogens is 1. The standard InChI is InChI=1S/C30H25N2O/c1-18-22-8-6-5-7-20(22)14-25-27(18)29-28-23(11-12-32(29)4)24-13-19(16-30(2,3)17-31)9-10-21(24)15-26(28)33-25/h5-15H,16H2,1-4H3/q+1. The van der Waals surface area contributed by atoms with Crippen LogP contribution in [-0.2, 0) is 13.5 Å². The number of aryl methyl sites for hydroxylation is 2. The quantitative estimate of drug-likeness (QED) is 0.217. The molecule has 0 radical (unpaired) electrons. The predicted octanol–water partition coefficient (Wildman–Crippen LogP) is 7.14. The van der Waals surface area contributed by atoms with E-state index in [-0.39, 0.29) is 0 Å². The Labute approximate surface area is 193 Å². The van der Waals surface area contributed by atoms with Crippen LogP contribution in [0.5, 0.6) is 11.5 Å². The van der Waals surface area contributed by atoms with Gasteiger partial charge in [0.1, 0.15) is 18.5 Å². The number of nitriles is 1. The molecule has 0 amide bonds. The van der Waals surface area contributed by atoms with Crippen molar-refractivity contribution in [1.82, 2.24) is 0 Å². The Morgan fingerprint density at radius 3 is 2.48 bits per heavy atom. The van der Waals surface area contributed by atoms with Gasteiger partial charge in [-0.05, 0) is 72.0 Å². The summed E-state index contributed by atoms with van der Waals surface area (Å²) in [6.07, 6.45) is 2.87. The van der Waals surface area contributed by atoms with Gasteiger partial charge in [-0.1, -0.05) is 42.5 Å². The van der Waals surface area contributed by atoms with E-state index in [2.05, 4.69) is 91.5 Å². The Morgan fingerprint density at radius 1 is 0.909 bits per heavy atom. The summed E-state index contributed by atoms with van der Waals surface area (Å²) >= 11 is 0. The minimum absolute atomic E-state index is 0.396. The number of hydrogen-bond donors (Lipinski definition) is 0. The predicted molar refractivity (Wildman–Crippen MR) is 133 cm³/mol. The maximum Gasteiger partial charge on any atom is 0.228 e. The molecule has 0 saturated heterocycles. The largest absolute Gasteiger partial charge is 0.456 e. The third-order valence-electron chi connectivity index (χ3n) is 6.94. The van der Waals surface area contributed by atoms with Crippen LogP contribution in [0.15, 0.2) is 66.9 Å². The van der Waals surface area contributed by atoms with Crippen molar-refractivity contribution in [2.24, 2.45) is 12.5 Å². The van der Waals surface area contributed by atoms with Crippen molar-refractivity contribution in [3.05, 3.63) is 78.0 Å². The Bertz CT molecular complexity index is 1670. The fourth-order valence-corrected chi connectivity index (χ4v) is 5.33. The molecule has 0 bridgehead atoms. The maximum atomic E-state index is 9.51. The molecule has 1 aliphatic rings. The molecule has 160 valence electrons. The second-order valence-corrected chi connectivity index (χ2v) is 9.86. The SMILES string of the molecule is Cc1c2c(cc3ccccc13)Oc1cc3ccc(CC(C)(C)C#N)cc3c3cc[n+](C)c-2c13. The molecule has 0 unspecified atom stereocenters. The van der Waals surface area contributed by atoms with Crippen molar-refractivity contribution in [2.75, 3.05) is 0 Å². The van der Waals surface area contributed by atoms with Crippen molar-refractivity contribution in [3.63, 3.8) is 0 Å². The molecule has 3 nitrogen and oxygen atoms in total. The summed E-state index contributed by atoms with van der Waals surface area (Å²) in [7, 11) is 2.11. The van der Waals surface area contributed by atoms with E-state index in [1.807, 2.05) is 13.8 Å². The molecule has 0 spiro atoms. The monoisotopic (exact) mass is 429 g/mol. The van der Waals surface area contributed by atoms with Crippen LogP contribution in [-0.4, -0.2) is 0 Å².